The fraction of sp³-hybridized carbons (Fsp3) is 0.136. The largest absolute Gasteiger partial charge is 0.573 e. The highest BCUT2D eigenvalue weighted by Gasteiger charge is 2.32. The molecule has 0 aliphatic heterocycles. The molecule has 0 saturated carbocycles. The van der Waals surface area contributed by atoms with Crippen LogP contribution in [0.1, 0.15) is 27.3 Å². The number of nitrogens with zero attached hydrogens (tertiary/aromatic N) is 3. The van der Waals surface area contributed by atoms with Crippen molar-refractivity contribution < 1.29 is 22.7 Å². The van der Waals surface area contributed by atoms with Crippen molar-refractivity contribution in [1.29, 1.82) is 0 Å². The maximum atomic E-state index is 13.1. The number of carbonyl (C=O) groups is 1. The van der Waals surface area contributed by atoms with E-state index in [0.29, 0.717) is 22.4 Å². The Hall–Kier alpha value is -4.08. The van der Waals surface area contributed by atoms with Gasteiger partial charge in [0, 0.05) is 12.0 Å². The Morgan fingerprint density at radius 2 is 2.03 bits per heavy atom. The third-order valence-corrected chi connectivity index (χ3v) is 5.23. The summed E-state index contributed by atoms with van der Waals surface area (Å²) < 4.78 is 42.8. The highest BCUT2D eigenvalue weighted by molar-refractivity contribution is 6.15. The van der Waals surface area contributed by atoms with Crippen molar-refractivity contribution in [3.63, 3.8) is 0 Å². The summed E-state index contributed by atoms with van der Waals surface area (Å²) in [5.74, 6) is 0.290. The molecule has 5 rings (SSSR count). The van der Waals surface area contributed by atoms with E-state index < -0.39 is 6.36 Å². The summed E-state index contributed by atoms with van der Waals surface area (Å²) in [6.45, 7) is 1.85. The Kier molecular flexibility index (Phi) is 4.33. The molecule has 0 amide bonds. The number of ether oxygens (including phenoxy) is 1. The number of nitrogen functional groups attached to an aromatic ring is 1. The van der Waals surface area contributed by atoms with Gasteiger partial charge in [-0.05, 0) is 54.5 Å². The van der Waals surface area contributed by atoms with Gasteiger partial charge in [0.2, 0.25) is 0 Å². The highest BCUT2D eigenvalue weighted by atomic mass is 19.4. The van der Waals surface area contributed by atoms with E-state index in [4.69, 9.17) is 5.73 Å². The molecule has 0 radical (unpaired) electrons. The van der Waals surface area contributed by atoms with Gasteiger partial charge in [-0.1, -0.05) is 6.07 Å². The molecular weight excluding hydrogens is 423 g/mol. The number of nitrogens with one attached hydrogen (secondary N) is 1. The molecule has 0 fully saturated rings. The number of hydrogen-bond acceptors (Lipinski definition) is 5. The molecule has 2 aromatic carbocycles. The van der Waals surface area contributed by atoms with Gasteiger partial charge >= 0.3 is 6.36 Å². The van der Waals surface area contributed by atoms with Gasteiger partial charge in [0.05, 0.1) is 28.5 Å². The molecule has 2 aromatic heterocycles. The van der Waals surface area contributed by atoms with E-state index in [2.05, 4.69) is 19.8 Å². The first-order chi connectivity index (χ1) is 15.2. The molecule has 0 unspecified atom stereocenters. The number of fused-ring (bicyclic) bond motifs is 2. The van der Waals surface area contributed by atoms with E-state index >= 15 is 0 Å². The predicted molar refractivity (Wildman–Crippen MR) is 112 cm³/mol. The van der Waals surface area contributed by atoms with Gasteiger partial charge in [0.15, 0.2) is 5.78 Å². The molecule has 32 heavy (non-hydrogen) atoms. The Morgan fingerprint density at radius 3 is 2.81 bits per heavy atom. The number of nitrogens with two attached hydrogens (primary N) is 1. The second-order valence-corrected chi connectivity index (χ2v) is 7.46. The molecule has 2 heterocycles. The number of allylic oxidation sites excluding steroid dienone is 1. The summed E-state index contributed by atoms with van der Waals surface area (Å²) in [7, 11) is 0. The van der Waals surface area contributed by atoms with Gasteiger partial charge in [0.25, 0.3) is 0 Å². The van der Waals surface area contributed by atoms with Crippen molar-refractivity contribution in [1.82, 2.24) is 19.7 Å². The predicted octanol–water partition coefficient (Wildman–Crippen LogP) is 4.36. The number of carbonyl (C=O) groups excluding carboxylic acids is 1. The molecule has 10 heteroatoms. The number of aromatic nitrogens is 4. The number of hydrogen-bond donors (Lipinski definition) is 2. The van der Waals surface area contributed by atoms with Crippen LogP contribution in [0.25, 0.3) is 22.8 Å². The Balaban J connectivity index is 1.41. The molecule has 1 aliphatic rings. The van der Waals surface area contributed by atoms with Gasteiger partial charge in [-0.2, -0.15) is 5.10 Å². The minimum atomic E-state index is -4.78. The van der Waals surface area contributed by atoms with Crippen LogP contribution in [0.4, 0.5) is 19.0 Å². The summed E-state index contributed by atoms with van der Waals surface area (Å²) in [6.07, 6.45) is -1.57. The quantitative estimate of drug-likeness (QED) is 0.461. The molecule has 162 valence electrons. The molecular formula is C22H16F3N5O2. The number of anilines is 1. The number of H-pyrrole nitrogens is 1. The molecule has 3 N–H and O–H groups in total. The number of rotatable bonds is 4. The topological polar surface area (TPSA) is 98.8 Å². The van der Waals surface area contributed by atoms with E-state index in [1.807, 2.05) is 19.1 Å². The molecule has 0 spiro atoms. The first kappa shape index (κ1) is 19.9. The highest BCUT2D eigenvalue weighted by Crippen LogP contribution is 2.33. The molecule has 7 nitrogen and oxygen atoms in total. The van der Waals surface area contributed by atoms with E-state index in [1.165, 1.54) is 29.1 Å². The average Bonchev–Trinajstić information content (AvgIpc) is 3.40. The average molecular weight is 439 g/mol. The number of aromatic amines is 1. The minimum absolute atomic E-state index is 0.170. The Morgan fingerprint density at radius 1 is 1.22 bits per heavy atom. The number of ketones is 1. The van der Waals surface area contributed by atoms with Crippen LogP contribution in [-0.4, -0.2) is 31.9 Å². The van der Waals surface area contributed by atoms with Crippen LogP contribution >= 0.6 is 0 Å². The van der Waals surface area contributed by atoms with Gasteiger partial charge in [-0.25, -0.2) is 9.67 Å². The smallest absolute Gasteiger partial charge is 0.406 e. The molecule has 0 bridgehead atoms. The van der Waals surface area contributed by atoms with E-state index in [9.17, 15) is 18.0 Å². The van der Waals surface area contributed by atoms with E-state index in [0.717, 1.165) is 16.9 Å². The van der Waals surface area contributed by atoms with Crippen LogP contribution in [-0.2, 0) is 6.42 Å². The van der Waals surface area contributed by atoms with Crippen molar-refractivity contribution in [2.75, 3.05) is 5.73 Å². The van der Waals surface area contributed by atoms with Crippen molar-refractivity contribution in [3.05, 3.63) is 70.7 Å². The van der Waals surface area contributed by atoms with Crippen LogP contribution in [0.5, 0.6) is 5.75 Å². The Labute approximate surface area is 179 Å². The van der Waals surface area contributed by atoms with Crippen LogP contribution in [0.2, 0.25) is 0 Å². The van der Waals surface area contributed by atoms with Gasteiger partial charge in [-0.3, -0.25) is 4.79 Å². The van der Waals surface area contributed by atoms with E-state index in [-0.39, 0.29) is 29.3 Å². The van der Waals surface area contributed by atoms with Crippen molar-refractivity contribution in [2.45, 2.75) is 19.7 Å². The molecule has 4 aromatic rings. The van der Waals surface area contributed by atoms with Crippen molar-refractivity contribution in [2.24, 2.45) is 0 Å². The fourth-order valence-corrected chi connectivity index (χ4v) is 3.83. The normalized spacial score (nSPS) is 13.3. The minimum Gasteiger partial charge on any atom is -0.406 e. The first-order valence-corrected chi connectivity index (χ1v) is 9.62. The number of benzene rings is 2. The number of Topliss-reactive ketones (excluding diaryl/α,β-unsaturated/α-hetero) is 1. The zero-order chi connectivity index (χ0) is 22.6. The molecule has 0 saturated heterocycles. The fourth-order valence-electron chi connectivity index (χ4n) is 3.83. The van der Waals surface area contributed by atoms with Gasteiger partial charge in [0.1, 0.15) is 17.4 Å². The Bertz CT molecular complexity index is 1410. The number of aryl methyl sites for hydroxylation is 1. The summed E-state index contributed by atoms with van der Waals surface area (Å²) in [5, 5.41) is 4.26. The van der Waals surface area contributed by atoms with Crippen LogP contribution in [0.15, 0.2) is 48.2 Å². The van der Waals surface area contributed by atoms with Gasteiger partial charge in [-0.15, -0.1) is 13.2 Å². The zero-order valence-electron chi connectivity index (χ0n) is 16.7. The third-order valence-electron chi connectivity index (χ3n) is 5.23. The second-order valence-electron chi connectivity index (χ2n) is 7.46. The lowest BCUT2D eigenvalue weighted by atomic mass is 10.0. The lowest BCUT2D eigenvalue weighted by Gasteiger charge is -2.10. The van der Waals surface area contributed by atoms with Crippen LogP contribution < -0.4 is 10.5 Å². The second kappa shape index (κ2) is 6.98. The maximum Gasteiger partial charge on any atom is 0.573 e. The van der Waals surface area contributed by atoms with E-state index in [1.54, 1.807) is 12.1 Å². The molecule has 1 aliphatic carbocycles. The lowest BCUT2D eigenvalue weighted by molar-refractivity contribution is -0.274. The van der Waals surface area contributed by atoms with Crippen LogP contribution in [0, 0.1) is 6.92 Å². The number of imidazole rings is 1. The van der Waals surface area contributed by atoms with Crippen LogP contribution in [0.3, 0.4) is 0 Å². The van der Waals surface area contributed by atoms with Gasteiger partial charge < -0.3 is 15.5 Å². The summed E-state index contributed by atoms with van der Waals surface area (Å²) in [6, 6.07) is 9.45. The monoisotopic (exact) mass is 439 g/mol. The summed E-state index contributed by atoms with van der Waals surface area (Å²) >= 11 is 0. The lowest BCUT2D eigenvalue weighted by Crippen LogP contribution is -2.17. The first-order valence-electron chi connectivity index (χ1n) is 9.62. The van der Waals surface area contributed by atoms with Crippen molar-refractivity contribution in [3.8, 4) is 11.4 Å². The van der Waals surface area contributed by atoms with Crippen molar-refractivity contribution >= 4 is 28.7 Å². The summed E-state index contributed by atoms with van der Waals surface area (Å²) in [4.78, 5) is 20.6. The maximum absolute atomic E-state index is 13.1. The standard InChI is InChI=1S/C22H16F3N5O2/c1-11-28-18-5-3-15(9-19(18)29-11)30-21(26)17(10-27-30)20(31)14-6-12-2-4-16(8-13(12)7-14)32-22(23,24)25/h2-6,8-10H,7,26H2,1H3,(H,28,29). The third kappa shape index (κ3) is 3.49. The molecule has 0 atom stereocenters. The number of alkyl halides is 3. The summed E-state index contributed by atoms with van der Waals surface area (Å²) in [5.41, 5.74) is 10.4. The SMILES string of the molecule is Cc1nc2ccc(-n3ncc(C(=O)C4=Cc5ccc(OC(F)(F)F)cc5C4)c3N)cc2[nH]1. The zero-order valence-corrected chi connectivity index (χ0v) is 16.7. The number of halogens is 3.